The van der Waals surface area contributed by atoms with Gasteiger partial charge in [-0.2, -0.15) is 8.78 Å². The summed E-state index contributed by atoms with van der Waals surface area (Å²) in [4.78, 5) is 0. The molecule has 0 aromatic heterocycles. The van der Waals surface area contributed by atoms with E-state index in [1.165, 1.54) is 12.1 Å². The average Bonchev–Trinajstić information content (AvgIpc) is 2.31. The Labute approximate surface area is 107 Å². The van der Waals surface area contributed by atoms with E-state index >= 15 is 0 Å². The number of aliphatic hydroxyl groups excluding tert-OH is 1. The molecular weight excluding hydrogens is 241 g/mol. The van der Waals surface area contributed by atoms with Crippen molar-refractivity contribution in [3.63, 3.8) is 0 Å². The second kappa shape index (κ2) is 6.78. The number of hydrogen-bond acceptors (Lipinski definition) is 1. The Morgan fingerprint density at radius 2 is 1.61 bits per heavy atom. The third-order valence-electron chi connectivity index (χ3n) is 2.53. The van der Waals surface area contributed by atoms with E-state index in [-0.39, 0.29) is 11.5 Å². The predicted molar refractivity (Wildman–Crippen MR) is 67.4 cm³/mol. The molecule has 0 aliphatic heterocycles. The van der Waals surface area contributed by atoms with Crippen LogP contribution >= 0.6 is 0 Å². The molecule has 0 aliphatic carbocycles. The van der Waals surface area contributed by atoms with Gasteiger partial charge in [-0.3, -0.25) is 0 Å². The fourth-order valence-corrected chi connectivity index (χ4v) is 1.48. The van der Waals surface area contributed by atoms with Gasteiger partial charge in [0.25, 0.3) is 0 Å². The van der Waals surface area contributed by atoms with E-state index in [1.54, 1.807) is 13.8 Å². The van der Waals surface area contributed by atoms with Gasteiger partial charge in [0.1, 0.15) is 11.9 Å². The molecule has 1 N–H and O–H groups in total. The highest BCUT2D eigenvalue weighted by molar-refractivity contribution is 5.31. The highest BCUT2D eigenvalue weighted by Gasteiger charge is 2.40. The van der Waals surface area contributed by atoms with Crippen LogP contribution in [0, 0.1) is 5.82 Å². The fraction of sp³-hybridized carbons (Fsp3) is 0.571. The average molecular weight is 262 g/mol. The monoisotopic (exact) mass is 262 g/mol. The Morgan fingerprint density at radius 1 is 1.11 bits per heavy atom. The van der Waals surface area contributed by atoms with Crippen LogP contribution in [-0.4, -0.2) is 11.2 Å². The molecule has 0 aliphatic rings. The summed E-state index contributed by atoms with van der Waals surface area (Å²) in [6, 6.07) is 3.86. The molecule has 0 bridgehead atoms. The molecule has 0 amide bonds. The molecule has 18 heavy (non-hydrogen) atoms. The first-order valence-electron chi connectivity index (χ1n) is 6.13. The summed E-state index contributed by atoms with van der Waals surface area (Å²) in [7, 11) is 0. The van der Waals surface area contributed by atoms with E-state index in [2.05, 4.69) is 0 Å². The van der Waals surface area contributed by atoms with Crippen molar-refractivity contribution in [2.45, 2.75) is 52.6 Å². The standard InChI is InChI=1S/C12H15F3O.C2H6/c1-7(2)9-5-4-6-10(11(9)13)12(14,15)8(3)16;1-2/h4-8,16H,1-3H3;1-2H3/t8-;/m1./s1. The fourth-order valence-electron chi connectivity index (χ4n) is 1.48. The quantitative estimate of drug-likeness (QED) is 0.853. The molecule has 1 nitrogen and oxygen atoms in total. The van der Waals surface area contributed by atoms with Crippen LogP contribution in [0.3, 0.4) is 0 Å². The summed E-state index contributed by atoms with van der Waals surface area (Å²) in [5.74, 6) is -4.66. The van der Waals surface area contributed by atoms with Crippen LogP contribution in [-0.2, 0) is 5.92 Å². The third kappa shape index (κ3) is 3.48. The van der Waals surface area contributed by atoms with E-state index in [9.17, 15) is 13.2 Å². The van der Waals surface area contributed by atoms with Gasteiger partial charge in [0.15, 0.2) is 0 Å². The zero-order valence-electron chi connectivity index (χ0n) is 11.5. The zero-order valence-corrected chi connectivity index (χ0v) is 11.5. The van der Waals surface area contributed by atoms with Crippen molar-refractivity contribution in [3.05, 3.63) is 35.1 Å². The summed E-state index contributed by atoms with van der Waals surface area (Å²) in [6.07, 6.45) is -1.91. The summed E-state index contributed by atoms with van der Waals surface area (Å²) in [5, 5.41) is 8.97. The minimum atomic E-state index is -3.56. The molecular formula is C14H21F3O. The van der Waals surface area contributed by atoms with Crippen molar-refractivity contribution in [1.29, 1.82) is 0 Å². The normalized spacial score (nSPS) is 13.0. The van der Waals surface area contributed by atoms with Gasteiger partial charge in [-0.25, -0.2) is 4.39 Å². The summed E-state index contributed by atoms with van der Waals surface area (Å²) in [6.45, 7) is 8.40. The maximum absolute atomic E-state index is 13.8. The number of halogens is 3. The van der Waals surface area contributed by atoms with Crippen molar-refractivity contribution in [2.24, 2.45) is 0 Å². The van der Waals surface area contributed by atoms with Crippen LogP contribution in [0.1, 0.15) is 51.7 Å². The smallest absolute Gasteiger partial charge is 0.301 e. The lowest BCUT2D eigenvalue weighted by Crippen LogP contribution is -2.29. The minimum Gasteiger partial charge on any atom is -0.387 e. The van der Waals surface area contributed by atoms with E-state index in [0.29, 0.717) is 0 Å². The first-order valence-corrected chi connectivity index (χ1v) is 6.13. The number of hydrogen-bond donors (Lipinski definition) is 1. The molecule has 0 unspecified atom stereocenters. The molecule has 1 aromatic rings. The summed E-state index contributed by atoms with van der Waals surface area (Å²) < 4.78 is 40.8. The predicted octanol–water partition coefficient (Wildman–Crippen LogP) is 4.45. The van der Waals surface area contributed by atoms with E-state index in [0.717, 1.165) is 13.0 Å². The number of rotatable bonds is 3. The van der Waals surface area contributed by atoms with Crippen LogP contribution in [0.2, 0.25) is 0 Å². The number of benzene rings is 1. The SMILES string of the molecule is CC.CC(C)c1cccc(C(F)(F)[C@@H](C)O)c1F. The topological polar surface area (TPSA) is 20.2 Å². The van der Waals surface area contributed by atoms with Gasteiger partial charge >= 0.3 is 5.92 Å². The highest BCUT2D eigenvalue weighted by atomic mass is 19.3. The van der Waals surface area contributed by atoms with Crippen LogP contribution < -0.4 is 0 Å². The van der Waals surface area contributed by atoms with Gasteiger partial charge in [0, 0.05) is 0 Å². The maximum atomic E-state index is 13.8. The lowest BCUT2D eigenvalue weighted by Gasteiger charge is -2.22. The molecule has 0 fully saturated rings. The van der Waals surface area contributed by atoms with Crippen molar-refractivity contribution < 1.29 is 18.3 Å². The van der Waals surface area contributed by atoms with Gasteiger partial charge in [-0.1, -0.05) is 39.8 Å². The number of alkyl halides is 2. The Morgan fingerprint density at radius 3 is 2.00 bits per heavy atom. The van der Waals surface area contributed by atoms with E-state index in [4.69, 9.17) is 5.11 Å². The first kappa shape index (κ1) is 17.0. The van der Waals surface area contributed by atoms with Gasteiger partial charge in [-0.15, -0.1) is 0 Å². The van der Waals surface area contributed by atoms with Gasteiger partial charge in [0.05, 0.1) is 5.56 Å². The van der Waals surface area contributed by atoms with Gasteiger partial charge in [0.2, 0.25) is 0 Å². The molecule has 0 spiro atoms. The Kier molecular flexibility index (Phi) is 6.39. The molecule has 0 saturated carbocycles. The van der Waals surface area contributed by atoms with Crippen LogP contribution in [0.5, 0.6) is 0 Å². The lowest BCUT2D eigenvalue weighted by molar-refractivity contribution is -0.108. The molecule has 1 aromatic carbocycles. The summed E-state index contributed by atoms with van der Waals surface area (Å²) >= 11 is 0. The molecule has 1 rings (SSSR count). The lowest BCUT2D eigenvalue weighted by atomic mass is 9.95. The van der Waals surface area contributed by atoms with E-state index < -0.39 is 23.4 Å². The van der Waals surface area contributed by atoms with Gasteiger partial charge in [-0.05, 0) is 24.5 Å². The highest BCUT2D eigenvalue weighted by Crippen LogP contribution is 2.35. The van der Waals surface area contributed by atoms with Crippen LogP contribution in [0.25, 0.3) is 0 Å². The molecule has 0 saturated heterocycles. The van der Waals surface area contributed by atoms with Crippen molar-refractivity contribution in [2.75, 3.05) is 0 Å². The third-order valence-corrected chi connectivity index (χ3v) is 2.53. The second-order valence-corrected chi connectivity index (χ2v) is 4.16. The summed E-state index contributed by atoms with van der Waals surface area (Å²) in [5.41, 5.74) is -0.508. The molecule has 0 radical (unpaired) electrons. The molecule has 1 atom stereocenters. The van der Waals surface area contributed by atoms with E-state index in [1.807, 2.05) is 13.8 Å². The molecule has 104 valence electrons. The Hall–Kier alpha value is -1.03. The largest absolute Gasteiger partial charge is 0.387 e. The molecule has 4 heteroatoms. The maximum Gasteiger partial charge on any atom is 0.301 e. The number of aliphatic hydroxyl groups is 1. The van der Waals surface area contributed by atoms with Gasteiger partial charge < -0.3 is 5.11 Å². The minimum absolute atomic E-state index is 0.176. The van der Waals surface area contributed by atoms with Crippen molar-refractivity contribution >= 4 is 0 Å². The Bertz CT molecular complexity index is 373. The van der Waals surface area contributed by atoms with Crippen molar-refractivity contribution in [3.8, 4) is 0 Å². The first-order chi connectivity index (χ1) is 8.28. The van der Waals surface area contributed by atoms with Crippen LogP contribution in [0.15, 0.2) is 18.2 Å². The van der Waals surface area contributed by atoms with Crippen molar-refractivity contribution in [1.82, 2.24) is 0 Å². The molecule has 0 heterocycles. The zero-order chi connectivity index (χ0) is 14.5. The second-order valence-electron chi connectivity index (χ2n) is 4.16. The van der Waals surface area contributed by atoms with Crippen LogP contribution in [0.4, 0.5) is 13.2 Å². The Balaban J connectivity index is 0.00000137.